The van der Waals surface area contributed by atoms with Gasteiger partial charge >= 0.3 is 0 Å². The van der Waals surface area contributed by atoms with E-state index in [0.29, 0.717) is 12.5 Å². The minimum absolute atomic E-state index is 0.259. The molecule has 0 aromatic carbocycles. The number of oxime groups is 1. The lowest BCUT2D eigenvalue weighted by atomic mass is 10.2. The molecule has 114 valence electrons. The first-order valence-electron chi connectivity index (χ1n) is 6.82. The van der Waals surface area contributed by atoms with Crippen LogP contribution >= 0.6 is 15.9 Å². The van der Waals surface area contributed by atoms with Crippen molar-refractivity contribution in [3.63, 3.8) is 0 Å². The number of halogens is 1. The van der Waals surface area contributed by atoms with Crippen molar-refractivity contribution in [2.24, 2.45) is 10.9 Å². The lowest BCUT2D eigenvalue weighted by Crippen LogP contribution is -2.34. The van der Waals surface area contributed by atoms with Gasteiger partial charge in [0.25, 0.3) is 0 Å². The summed E-state index contributed by atoms with van der Waals surface area (Å²) >= 11 is 3.61. The summed E-state index contributed by atoms with van der Waals surface area (Å²) in [6.07, 6.45) is 0.547. The molecule has 0 radical (unpaired) electrons. The van der Waals surface area contributed by atoms with E-state index in [1.165, 1.54) is 5.69 Å². The predicted molar refractivity (Wildman–Crippen MR) is 83.9 cm³/mol. The fourth-order valence-corrected chi connectivity index (χ4v) is 2.45. The quantitative estimate of drug-likeness (QED) is 0.344. The van der Waals surface area contributed by atoms with Crippen LogP contribution in [-0.2, 0) is 13.1 Å². The first-order chi connectivity index (χ1) is 9.40. The van der Waals surface area contributed by atoms with Gasteiger partial charge < -0.3 is 10.9 Å². The first kappa shape index (κ1) is 17.0. The summed E-state index contributed by atoms with van der Waals surface area (Å²) in [5, 5.41) is 16.2. The van der Waals surface area contributed by atoms with Gasteiger partial charge in [-0.1, -0.05) is 5.16 Å². The van der Waals surface area contributed by atoms with Crippen LogP contribution < -0.4 is 5.73 Å². The molecule has 0 unspecified atom stereocenters. The average Bonchev–Trinajstić information content (AvgIpc) is 2.69. The van der Waals surface area contributed by atoms with E-state index < -0.39 is 0 Å². The van der Waals surface area contributed by atoms with Crippen molar-refractivity contribution < 1.29 is 5.21 Å². The Bertz CT molecular complexity index is 470. The van der Waals surface area contributed by atoms with Gasteiger partial charge in [-0.3, -0.25) is 9.58 Å². The Labute approximate surface area is 128 Å². The Morgan fingerprint density at radius 1 is 1.55 bits per heavy atom. The lowest BCUT2D eigenvalue weighted by Gasteiger charge is -2.26. The number of nitrogens with zero attached hydrogens (tertiary/aromatic N) is 4. The molecular weight excluding hydrogens is 322 g/mol. The van der Waals surface area contributed by atoms with Gasteiger partial charge in [0.15, 0.2) is 0 Å². The van der Waals surface area contributed by atoms with Crippen LogP contribution in [0, 0.1) is 6.92 Å². The van der Waals surface area contributed by atoms with Gasteiger partial charge in [-0.05, 0) is 43.6 Å². The van der Waals surface area contributed by atoms with Crippen molar-refractivity contribution in [2.45, 2.75) is 53.2 Å². The number of aryl methyl sites for hydroxylation is 2. The highest BCUT2D eigenvalue weighted by molar-refractivity contribution is 9.10. The maximum atomic E-state index is 8.63. The summed E-state index contributed by atoms with van der Waals surface area (Å²) in [6, 6.07) is 0.369. The topological polar surface area (TPSA) is 79.7 Å². The van der Waals surface area contributed by atoms with Crippen molar-refractivity contribution in [2.75, 3.05) is 6.54 Å². The number of nitrogens with two attached hydrogens (primary N) is 1. The monoisotopic (exact) mass is 345 g/mol. The molecule has 20 heavy (non-hydrogen) atoms. The summed E-state index contributed by atoms with van der Waals surface area (Å²) in [6.45, 7) is 10.7. The Morgan fingerprint density at radius 2 is 2.20 bits per heavy atom. The molecule has 1 rings (SSSR count). The maximum Gasteiger partial charge on any atom is 0.140 e. The molecule has 7 heteroatoms. The Morgan fingerprint density at radius 3 is 2.70 bits per heavy atom. The van der Waals surface area contributed by atoms with E-state index in [-0.39, 0.29) is 5.84 Å². The number of hydrogen-bond acceptors (Lipinski definition) is 4. The molecule has 0 aliphatic carbocycles. The molecular formula is C13H24BrN5O. The van der Waals surface area contributed by atoms with Crippen LogP contribution in [0.15, 0.2) is 9.63 Å². The zero-order valence-electron chi connectivity index (χ0n) is 12.6. The highest BCUT2D eigenvalue weighted by Crippen LogP contribution is 2.23. The molecule has 0 saturated carbocycles. The van der Waals surface area contributed by atoms with Crippen LogP contribution in [0.5, 0.6) is 0 Å². The maximum absolute atomic E-state index is 8.63. The first-order valence-corrected chi connectivity index (χ1v) is 7.62. The van der Waals surface area contributed by atoms with E-state index in [1.807, 2.05) is 11.6 Å². The van der Waals surface area contributed by atoms with Gasteiger partial charge in [0.1, 0.15) is 5.84 Å². The molecule has 0 fully saturated rings. The third kappa shape index (κ3) is 4.21. The molecule has 0 aliphatic heterocycles. The minimum Gasteiger partial charge on any atom is -0.409 e. The second-order valence-corrected chi connectivity index (χ2v) is 5.86. The van der Waals surface area contributed by atoms with Crippen molar-refractivity contribution in [3.8, 4) is 0 Å². The highest BCUT2D eigenvalue weighted by atomic mass is 79.9. The van der Waals surface area contributed by atoms with Crippen molar-refractivity contribution in [1.29, 1.82) is 0 Å². The van der Waals surface area contributed by atoms with Gasteiger partial charge in [0.2, 0.25) is 0 Å². The van der Waals surface area contributed by atoms with Crippen LogP contribution in [0.25, 0.3) is 0 Å². The third-order valence-electron chi connectivity index (χ3n) is 3.32. The SMILES string of the molecule is CCn1nc(C)c(Br)c1CN(CCC(N)=NO)C(C)C. The zero-order valence-corrected chi connectivity index (χ0v) is 14.2. The summed E-state index contributed by atoms with van der Waals surface area (Å²) in [5.41, 5.74) is 7.72. The van der Waals surface area contributed by atoms with Crippen molar-refractivity contribution >= 4 is 21.8 Å². The van der Waals surface area contributed by atoms with Crippen molar-refractivity contribution in [3.05, 3.63) is 15.9 Å². The number of amidine groups is 1. The fourth-order valence-electron chi connectivity index (χ4n) is 2.04. The molecule has 6 nitrogen and oxygen atoms in total. The molecule has 1 aromatic heterocycles. The Kier molecular flexibility index (Phi) is 6.48. The van der Waals surface area contributed by atoms with E-state index in [0.717, 1.165) is 29.8 Å². The lowest BCUT2D eigenvalue weighted by molar-refractivity contribution is 0.211. The summed E-state index contributed by atoms with van der Waals surface area (Å²) in [5.74, 6) is 0.259. The number of hydrogen-bond donors (Lipinski definition) is 2. The molecule has 1 aromatic rings. The van der Waals surface area contributed by atoms with Gasteiger partial charge in [0, 0.05) is 32.1 Å². The van der Waals surface area contributed by atoms with Crippen LogP contribution in [-0.4, -0.2) is 38.3 Å². The standard InChI is InChI=1S/C13H24BrN5O/c1-5-19-11(13(14)10(4)16-19)8-18(9(2)3)7-6-12(15)17-20/h9,20H,5-8H2,1-4H3,(H2,15,17). The smallest absolute Gasteiger partial charge is 0.140 e. The summed E-state index contributed by atoms with van der Waals surface area (Å²) in [4.78, 5) is 2.28. The summed E-state index contributed by atoms with van der Waals surface area (Å²) < 4.78 is 3.08. The zero-order chi connectivity index (χ0) is 15.3. The highest BCUT2D eigenvalue weighted by Gasteiger charge is 2.18. The molecule has 1 heterocycles. The second kappa shape index (κ2) is 7.64. The molecule has 0 spiro atoms. The normalized spacial score (nSPS) is 12.7. The fraction of sp³-hybridized carbons (Fsp3) is 0.692. The predicted octanol–water partition coefficient (Wildman–Crippen LogP) is 2.32. The van der Waals surface area contributed by atoms with Crippen LogP contribution in [0.1, 0.15) is 38.6 Å². The minimum atomic E-state index is 0.259. The Hall–Kier alpha value is -1.08. The van der Waals surface area contributed by atoms with E-state index in [2.05, 4.69) is 51.9 Å². The molecule has 0 amide bonds. The van der Waals surface area contributed by atoms with E-state index in [1.54, 1.807) is 0 Å². The van der Waals surface area contributed by atoms with Crippen LogP contribution in [0.2, 0.25) is 0 Å². The second-order valence-electron chi connectivity index (χ2n) is 5.07. The molecule has 0 aliphatic rings. The van der Waals surface area contributed by atoms with E-state index in [4.69, 9.17) is 10.9 Å². The van der Waals surface area contributed by atoms with Crippen molar-refractivity contribution in [1.82, 2.24) is 14.7 Å². The molecule has 3 N–H and O–H groups in total. The van der Waals surface area contributed by atoms with Crippen LogP contribution in [0.4, 0.5) is 0 Å². The molecule has 0 bridgehead atoms. The number of rotatable bonds is 7. The van der Waals surface area contributed by atoms with Gasteiger partial charge in [-0.2, -0.15) is 5.10 Å². The molecule has 0 saturated heterocycles. The average molecular weight is 346 g/mol. The van der Waals surface area contributed by atoms with E-state index in [9.17, 15) is 0 Å². The van der Waals surface area contributed by atoms with Gasteiger partial charge in [-0.15, -0.1) is 0 Å². The number of aromatic nitrogens is 2. The van der Waals surface area contributed by atoms with Gasteiger partial charge in [-0.25, -0.2) is 0 Å². The Balaban J connectivity index is 2.85. The largest absolute Gasteiger partial charge is 0.409 e. The van der Waals surface area contributed by atoms with E-state index >= 15 is 0 Å². The summed E-state index contributed by atoms with van der Waals surface area (Å²) in [7, 11) is 0. The van der Waals surface area contributed by atoms with Crippen LogP contribution in [0.3, 0.4) is 0 Å². The van der Waals surface area contributed by atoms with Gasteiger partial charge in [0.05, 0.1) is 15.9 Å². The molecule has 0 atom stereocenters. The third-order valence-corrected chi connectivity index (χ3v) is 4.35.